The van der Waals surface area contributed by atoms with E-state index in [1.54, 1.807) is 19.2 Å². The average Bonchev–Trinajstić information content (AvgIpc) is 3.14. The molecule has 2 aromatic heterocycles. The normalized spacial score (nSPS) is 10.7. The summed E-state index contributed by atoms with van der Waals surface area (Å²) >= 11 is 8.98. The standard InChI is InChI=1S/C17H14ClNO4S2/c1-8-6-11(17(21)23-3)16(24-8)19-15(20)14-13(18)10-7-9(22-2)4-5-12(10)25-14/h4-7H,1-3H3,(H,19,20). The van der Waals surface area contributed by atoms with Gasteiger partial charge in [0.05, 0.1) is 24.8 Å². The summed E-state index contributed by atoms with van der Waals surface area (Å²) in [4.78, 5) is 25.8. The van der Waals surface area contributed by atoms with Gasteiger partial charge in [0, 0.05) is 15.0 Å². The molecule has 0 saturated heterocycles. The molecule has 25 heavy (non-hydrogen) atoms. The van der Waals surface area contributed by atoms with Crippen molar-refractivity contribution in [1.82, 2.24) is 0 Å². The van der Waals surface area contributed by atoms with E-state index in [4.69, 9.17) is 21.1 Å². The van der Waals surface area contributed by atoms with Crippen molar-refractivity contribution in [1.29, 1.82) is 0 Å². The fraction of sp³-hybridized carbons (Fsp3) is 0.176. The van der Waals surface area contributed by atoms with Crippen LogP contribution < -0.4 is 10.1 Å². The lowest BCUT2D eigenvalue weighted by molar-refractivity contribution is 0.0602. The molecule has 0 saturated carbocycles. The zero-order valence-corrected chi connectivity index (χ0v) is 16.0. The minimum Gasteiger partial charge on any atom is -0.497 e. The Morgan fingerprint density at radius 2 is 1.92 bits per heavy atom. The number of thiophene rings is 2. The number of amides is 1. The number of rotatable bonds is 4. The van der Waals surface area contributed by atoms with Crippen molar-refractivity contribution in [3.8, 4) is 5.75 Å². The molecule has 0 atom stereocenters. The quantitative estimate of drug-likeness (QED) is 0.633. The Balaban J connectivity index is 1.96. The maximum atomic E-state index is 12.7. The topological polar surface area (TPSA) is 64.6 Å². The summed E-state index contributed by atoms with van der Waals surface area (Å²) in [5.41, 5.74) is 0.331. The Labute approximate surface area is 157 Å². The van der Waals surface area contributed by atoms with E-state index in [9.17, 15) is 9.59 Å². The minimum atomic E-state index is -0.494. The smallest absolute Gasteiger partial charge is 0.340 e. The van der Waals surface area contributed by atoms with Gasteiger partial charge in [-0.25, -0.2) is 4.79 Å². The van der Waals surface area contributed by atoms with Crippen molar-refractivity contribution in [3.63, 3.8) is 0 Å². The largest absolute Gasteiger partial charge is 0.497 e. The van der Waals surface area contributed by atoms with Crippen LogP contribution in [0, 0.1) is 6.92 Å². The molecular formula is C17H14ClNO4S2. The van der Waals surface area contributed by atoms with Crippen molar-refractivity contribution in [2.24, 2.45) is 0 Å². The minimum absolute atomic E-state index is 0.331. The van der Waals surface area contributed by atoms with Crippen molar-refractivity contribution in [2.45, 2.75) is 6.92 Å². The third-order valence-electron chi connectivity index (χ3n) is 3.53. The summed E-state index contributed by atoms with van der Waals surface area (Å²) in [6.45, 7) is 1.85. The molecule has 3 rings (SSSR count). The highest BCUT2D eigenvalue weighted by atomic mass is 35.5. The lowest BCUT2D eigenvalue weighted by Gasteiger charge is -2.04. The Bertz CT molecular complexity index is 977. The number of esters is 1. The molecule has 0 bridgehead atoms. The number of anilines is 1. The second-order valence-corrected chi connectivity index (χ2v) is 7.84. The molecule has 5 nitrogen and oxygen atoms in total. The van der Waals surface area contributed by atoms with Gasteiger partial charge in [-0.2, -0.15) is 0 Å². The highest BCUT2D eigenvalue weighted by molar-refractivity contribution is 7.22. The number of hydrogen-bond acceptors (Lipinski definition) is 6. The molecule has 0 unspecified atom stereocenters. The Morgan fingerprint density at radius 1 is 1.16 bits per heavy atom. The Kier molecular flexibility index (Phi) is 4.99. The van der Waals surface area contributed by atoms with Gasteiger partial charge in [-0.05, 0) is 31.2 Å². The SMILES string of the molecule is COC(=O)c1cc(C)sc1NC(=O)c1sc2ccc(OC)cc2c1Cl. The first-order valence-corrected chi connectivity index (χ1v) is 9.21. The van der Waals surface area contributed by atoms with E-state index in [1.807, 2.05) is 19.1 Å². The molecule has 0 fully saturated rings. The van der Waals surface area contributed by atoms with Crippen LogP contribution in [0.25, 0.3) is 10.1 Å². The molecule has 3 aromatic rings. The summed E-state index contributed by atoms with van der Waals surface area (Å²) in [6.07, 6.45) is 0. The van der Waals surface area contributed by atoms with E-state index in [1.165, 1.54) is 29.8 Å². The number of hydrogen-bond donors (Lipinski definition) is 1. The first kappa shape index (κ1) is 17.7. The molecule has 0 spiro atoms. The third kappa shape index (κ3) is 3.35. The maximum absolute atomic E-state index is 12.7. The van der Waals surface area contributed by atoms with Crippen LogP contribution >= 0.6 is 34.3 Å². The monoisotopic (exact) mass is 395 g/mol. The molecule has 0 aliphatic heterocycles. The zero-order chi connectivity index (χ0) is 18.1. The van der Waals surface area contributed by atoms with Gasteiger partial charge in [-0.1, -0.05) is 11.6 Å². The molecule has 0 aliphatic rings. The van der Waals surface area contributed by atoms with Crippen LogP contribution in [0.15, 0.2) is 24.3 Å². The number of fused-ring (bicyclic) bond motifs is 1. The fourth-order valence-electron chi connectivity index (χ4n) is 2.35. The predicted molar refractivity (Wildman–Crippen MR) is 102 cm³/mol. The number of nitrogens with one attached hydrogen (secondary N) is 1. The van der Waals surface area contributed by atoms with Crippen LogP contribution in [-0.2, 0) is 4.74 Å². The molecular weight excluding hydrogens is 382 g/mol. The van der Waals surface area contributed by atoms with Crippen LogP contribution in [0.4, 0.5) is 5.00 Å². The zero-order valence-electron chi connectivity index (χ0n) is 13.6. The van der Waals surface area contributed by atoms with Crippen LogP contribution in [0.3, 0.4) is 0 Å². The van der Waals surface area contributed by atoms with E-state index in [-0.39, 0.29) is 5.91 Å². The summed E-state index contributed by atoms with van der Waals surface area (Å²) in [6, 6.07) is 7.15. The van der Waals surface area contributed by atoms with Gasteiger partial charge in [0.25, 0.3) is 5.91 Å². The van der Waals surface area contributed by atoms with E-state index in [2.05, 4.69) is 5.32 Å². The van der Waals surface area contributed by atoms with Crippen molar-refractivity contribution in [3.05, 3.63) is 44.6 Å². The van der Waals surface area contributed by atoms with Gasteiger partial charge in [0.1, 0.15) is 15.6 Å². The van der Waals surface area contributed by atoms with E-state index in [0.29, 0.717) is 26.2 Å². The molecule has 0 radical (unpaired) electrons. The number of ether oxygens (including phenoxy) is 2. The molecule has 1 aromatic carbocycles. The third-order valence-corrected chi connectivity index (χ3v) is 6.17. The fourth-order valence-corrected chi connectivity index (χ4v) is 4.63. The first-order valence-electron chi connectivity index (χ1n) is 7.20. The number of aryl methyl sites for hydroxylation is 1. The second kappa shape index (κ2) is 7.03. The van der Waals surface area contributed by atoms with Gasteiger partial charge in [-0.3, -0.25) is 4.79 Å². The summed E-state index contributed by atoms with van der Waals surface area (Å²) < 4.78 is 10.8. The van der Waals surface area contributed by atoms with Gasteiger partial charge in [0.15, 0.2) is 0 Å². The molecule has 2 heterocycles. The summed E-state index contributed by atoms with van der Waals surface area (Å²) in [5, 5.41) is 4.33. The number of benzene rings is 1. The van der Waals surface area contributed by atoms with Crippen LogP contribution in [0.5, 0.6) is 5.75 Å². The van der Waals surface area contributed by atoms with Gasteiger partial charge in [0.2, 0.25) is 0 Å². The van der Waals surface area contributed by atoms with Crippen molar-refractivity contribution >= 4 is 61.2 Å². The van der Waals surface area contributed by atoms with Crippen LogP contribution in [0.1, 0.15) is 24.9 Å². The van der Waals surface area contributed by atoms with Crippen LogP contribution in [0.2, 0.25) is 5.02 Å². The van der Waals surface area contributed by atoms with Gasteiger partial charge in [-0.15, -0.1) is 22.7 Å². The number of methoxy groups -OCH3 is 2. The highest BCUT2D eigenvalue weighted by Gasteiger charge is 2.22. The summed E-state index contributed by atoms with van der Waals surface area (Å²) in [7, 11) is 2.87. The lowest BCUT2D eigenvalue weighted by atomic mass is 10.2. The van der Waals surface area contributed by atoms with E-state index >= 15 is 0 Å². The number of halogens is 1. The van der Waals surface area contributed by atoms with Gasteiger partial charge >= 0.3 is 5.97 Å². The maximum Gasteiger partial charge on any atom is 0.340 e. The second-order valence-electron chi connectivity index (χ2n) is 5.15. The molecule has 1 N–H and O–H groups in total. The molecule has 8 heteroatoms. The van der Waals surface area contributed by atoms with E-state index in [0.717, 1.165) is 15.0 Å². The van der Waals surface area contributed by atoms with E-state index < -0.39 is 5.97 Å². The lowest BCUT2D eigenvalue weighted by Crippen LogP contribution is -2.12. The first-order chi connectivity index (χ1) is 11.9. The van der Waals surface area contributed by atoms with Crippen molar-refractivity contribution < 1.29 is 19.1 Å². The Hall–Kier alpha value is -2.09. The predicted octanol–water partition coefficient (Wildman–Crippen LogP) is 4.97. The molecule has 130 valence electrons. The van der Waals surface area contributed by atoms with Crippen molar-refractivity contribution in [2.75, 3.05) is 19.5 Å². The number of carbonyl (C=O) groups excluding carboxylic acids is 2. The molecule has 1 amide bonds. The average molecular weight is 396 g/mol. The highest BCUT2D eigenvalue weighted by Crippen LogP contribution is 2.38. The van der Waals surface area contributed by atoms with Crippen LogP contribution in [-0.4, -0.2) is 26.1 Å². The number of carbonyl (C=O) groups is 2. The van der Waals surface area contributed by atoms with Gasteiger partial charge < -0.3 is 14.8 Å². The summed E-state index contributed by atoms with van der Waals surface area (Å²) in [5.74, 6) is -0.190. The Morgan fingerprint density at radius 3 is 2.60 bits per heavy atom. The molecule has 0 aliphatic carbocycles.